The highest BCUT2D eigenvalue weighted by atomic mass is 32.2. The minimum Gasteiger partial charge on any atom is -0.358 e. The summed E-state index contributed by atoms with van der Waals surface area (Å²) in [7, 11) is 0. The van der Waals surface area contributed by atoms with Gasteiger partial charge in [-0.05, 0) is 31.2 Å². The Balaban J connectivity index is 1.65. The lowest BCUT2D eigenvalue weighted by Gasteiger charge is -2.26. The van der Waals surface area contributed by atoms with Gasteiger partial charge in [0.05, 0.1) is 0 Å². The first-order valence-corrected chi connectivity index (χ1v) is 9.88. The Morgan fingerprint density at radius 2 is 2.12 bits per heavy atom. The van der Waals surface area contributed by atoms with Crippen LogP contribution in [0.15, 0.2) is 39.9 Å². The number of rotatable bonds is 3. The fourth-order valence-electron chi connectivity index (χ4n) is 3.48. The van der Waals surface area contributed by atoms with Gasteiger partial charge in [0.1, 0.15) is 10.4 Å². The predicted molar refractivity (Wildman–Crippen MR) is 99.5 cm³/mol. The zero-order chi connectivity index (χ0) is 16.3. The van der Waals surface area contributed by atoms with Crippen molar-refractivity contribution >= 4 is 34.4 Å². The van der Waals surface area contributed by atoms with Gasteiger partial charge in [0.15, 0.2) is 5.82 Å². The van der Waals surface area contributed by atoms with E-state index in [2.05, 4.69) is 68.4 Å². The summed E-state index contributed by atoms with van der Waals surface area (Å²) >= 11 is 3.57. The van der Waals surface area contributed by atoms with Crippen LogP contribution in [0.3, 0.4) is 0 Å². The monoisotopic (exact) mass is 355 g/mol. The first kappa shape index (κ1) is 14.5. The van der Waals surface area contributed by atoms with Crippen molar-refractivity contribution < 1.29 is 0 Å². The van der Waals surface area contributed by atoms with E-state index in [1.165, 1.54) is 27.2 Å². The number of nitrogens with one attached hydrogen (secondary N) is 1. The van der Waals surface area contributed by atoms with Crippen LogP contribution in [0.25, 0.3) is 10.9 Å². The van der Waals surface area contributed by atoms with Gasteiger partial charge in [0.25, 0.3) is 0 Å². The third-order valence-corrected chi connectivity index (χ3v) is 6.65. The van der Waals surface area contributed by atoms with E-state index in [0.29, 0.717) is 0 Å². The second-order valence-corrected chi connectivity index (χ2v) is 8.00. The molecule has 1 aromatic carbocycles. The van der Waals surface area contributed by atoms with Crippen molar-refractivity contribution in [3.63, 3.8) is 0 Å². The number of benzene rings is 1. The predicted octanol–water partition coefficient (Wildman–Crippen LogP) is 4.31. The van der Waals surface area contributed by atoms with E-state index in [1.54, 1.807) is 11.8 Å². The number of thioether (sulfide) groups is 2. The van der Waals surface area contributed by atoms with Crippen molar-refractivity contribution in [2.24, 2.45) is 0 Å². The fourth-order valence-corrected chi connectivity index (χ4v) is 5.85. The van der Waals surface area contributed by atoms with Crippen LogP contribution in [0, 0.1) is 6.92 Å². The largest absolute Gasteiger partial charge is 0.358 e. The minimum absolute atomic E-state index is 0.219. The molecule has 2 aromatic heterocycles. The Morgan fingerprint density at radius 1 is 1.25 bits per heavy atom. The molecular weight excluding hydrogens is 338 g/mol. The standard InChI is InChI=1S/C17H17N5S2/c1-3-6-13-19-20-17-21(13)22-14(24-17)9-23-16(22)15-10(2)18-12-8-5-4-7-11(12)15/h4-5,7-9,16,18H,3,6H2,1-2H3. The van der Waals surface area contributed by atoms with Crippen LogP contribution >= 0.6 is 23.5 Å². The van der Waals surface area contributed by atoms with Crippen molar-refractivity contribution in [3.05, 3.63) is 51.8 Å². The van der Waals surface area contributed by atoms with Gasteiger partial charge >= 0.3 is 0 Å². The Morgan fingerprint density at radius 3 is 3.00 bits per heavy atom. The number of nitrogens with zero attached hydrogens (tertiary/aromatic N) is 4. The minimum atomic E-state index is 0.219. The zero-order valence-electron chi connectivity index (χ0n) is 13.5. The van der Waals surface area contributed by atoms with Gasteiger partial charge in [-0.1, -0.05) is 36.9 Å². The number of para-hydroxylation sites is 1. The van der Waals surface area contributed by atoms with Crippen LogP contribution in [0.4, 0.5) is 0 Å². The highest BCUT2D eigenvalue weighted by Gasteiger charge is 2.40. The van der Waals surface area contributed by atoms with Gasteiger partial charge in [-0.15, -0.1) is 10.2 Å². The average Bonchev–Trinajstić information content (AvgIpc) is 3.28. The Kier molecular flexibility index (Phi) is 3.21. The van der Waals surface area contributed by atoms with Crippen molar-refractivity contribution in [2.75, 3.05) is 5.01 Å². The van der Waals surface area contributed by atoms with Crippen LogP contribution in [-0.2, 0) is 6.42 Å². The molecule has 0 fully saturated rings. The molecule has 7 heteroatoms. The summed E-state index contributed by atoms with van der Waals surface area (Å²) < 4.78 is 2.21. The number of fused-ring (bicyclic) bond motifs is 4. The third kappa shape index (κ3) is 1.91. The first-order chi connectivity index (χ1) is 11.8. The molecule has 0 saturated heterocycles. The number of aromatic amines is 1. The molecule has 0 radical (unpaired) electrons. The molecule has 1 N–H and O–H groups in total. The summed E-state index contributed by atoms with van der Waals surface area (Å²) in [5.41, 5.74) is 3.78. The average molecular weight is 355 g/mol. The lowest BCUT2D eigenvalue weighted by Crippen LogP contribution is -2.31. The maximum atomic E-state index is 4.39. The van der Waals surface area contributed by atoms with Gasteiger partial charge in [0.2, 0.25) is 5.16 Å². The molecule has 1 unspecified atom stereocenters. The van der Waals surface area contributed by atoms with E-state index in [9.17, 15) is 0 Å². The van der Waals surface area contributed by atoms with Gasteiger partial charge < -0.3 is 4.98 Å². The third-order valence-electron chi connectivity index (χ3n) is 4.50. The first-order valence-electron chi connectivity index (χ1n) is 8.12. The number of H-pyrrole nitrogens is 1. The molecule has 0 aliphatic carbocycles. The quantitative estimate of drug-likeness (QED) is 0.759. The maximum Gasteiger partial charge on any atom is 0.216 e. The molecule has 24 heavy (non-hydrogen) atoms. The van der Waals surface area contributed by atoms with E-state index < -0.39 is 0 Å². The van der Waals surface area contributed by atoms with E-state index in [1.807, 2.05) is 11.8 Å². The van der Waals surface area contributed by atoms with Crippen molar-refractivity contribution in [3.8, 4) is 0 Å². The van der Waals surface area contributed by atoms with E-state index in [4.69, 9.17) is 0 Å². The Hall–Kier alpha value is -1.86. The summed E-state index contributed by atoms with van der Waals surface area (Å²) in [5.74, 6) is 1.05. The van der Waals surface area contributed by atoms with Crippen molar-refractivity contribution in [1.82, 2.24) is 19.9 Å². The number of aromatic nitrogens is 4. The molecule has 0 spiro atoms. The highest BCUT2D eigenvalue weighted by Crippen LogP contribution is 2.52. The molecular formula is C17H17N5S2. The summed E-state index contributed by atoms with van der Waals surface area (Å²) in [6.45, 7) is 4.34. The van der Waals surface area contributed by atoms with Crippen LogP contribution in [0.2, 0.25) is 0 Å². The molecule has 5 rings (SSSR count). The highest BCUT2D eigenvalue weighted by molar-refractivity contribution is 8.07. The summed E-state index contributed by atoms with van der Waals surface area (Å²) in [4.78, 5) is 3.53. The van der Waals surface area contributed by atoms with Crippen molar-refractivity contribution in [1.29, 1.82) is 0 Å². The van der Waals surface area contributed by atoms with E-state index in [0.717, 1.165) is 23.8 Å². The smallest absolute Gasteiger partial charge is 0.216 e. The summed E-state index contributed by atoms with van der Waals surface area (Å²) in [6.07, 6.45) is 2.02. The van der Waals surface area contributed by atoms with Crippen molar-refractivity contribution in [2.45, 2.75) is 37.2 Å². The zero-order valence-corrected chi connectivity index (χ0v) is 15.1. The molecule has 0 bridgehead atoms. The van der Waals surface area contributed by atoms with Crippen LogP contribution < -0.4 is 5.01 Å². The molecule has 5 nitrogen and oxygen atoms in total. The van der Waals surface area contributed by atoms with Gasteiger partial charge in [0, 0.05) is 34.0 Å². The molecule has 122 valence electrons. The maximum absolute atomic E-state index is 4.39. The number of aryl methyl sites for hydroxylation is 2. The molecule has 0 amide bonds. The second kappa shape index (κ2) is 5.32. The number of hydrogen-bond acceptors (Lipinski definition) is 5. The fraction of sp³-hybridized carbons (Fsp3) is 0.294. The topological polar surface area (TPSA) is 49.7 Å². The normalized spacial score (nSPS) is 19.0. The summed E-state index contributed by atoms with van der Waals surface area (Å²) in [6, 6.07) is 8.54. The molecule has 4 heterocycles. The van der Waals surface area contributed by atoms with Gasteiger partial charge in [-0.25, -0.2) is 4.68 Å². The second-order valence-electron chi connectivity index (χ2n) is 6.06. The van der Waals surface area contributed by atoms with Crippen LogP contribution in [0.5, 0.6) is 0 Å². The lowest BCUT2D eigenvalue weighted by atomic mass is 10.1. The Labute approximate surface area is 148 Å². The lowest BCUT2D eigenvalue weighted by molar-refractivity contribution is 0.598. The van der Waals surface area contributed by atoms with Gasteiger partial charge in [-0.2, -0.15) is 0 Å². The number of hydrogen-bond donors (Lipinski definition) is 1. The van der Waals surface area contributed by atoms with Crippen LogP contribution in [0.1, 0.15) is 35.8 Å². The Bertz CT molecular complexity index is 971. The van der Waals surface area contributed by atoms with Crippen LogP contribution in [-0.4, -0.2) is 19.9 Å². The molecule has 3 aromatic rings. The molecule has 2 aliphatic rings. The molecule has 1 atom stereocenters. The van der Waals surface area contributed by atoms with Gasteiger partial charge in [-0.3, -0.25) is 5.01 Å². The van der Waals surface area contributed by atoms with E-state index >= 15 is 0 Å². The summed E-state index contributed by atoms with van der Waals surface area (Å²) in [5, 5.41) is 17.1. The van der Waals surface area contributed by atoms with E-state index in [-0.39, 0.29) is 5.37 Å². The molecule has 0 saturated carbocycles. The molecule has 2 aliphatic heterocycles. The SMILES string of the molecule is CCCc1nnc2n1N1C(=CSC1c1c(C)[nH]c3ccccc13)S2.